The van der Waals surface area contributed by atoms with E-state index in [1.807, 2.05) is 38.1 Å². The first-order valence-electron chi connectivity index (χ1n) is 7.99. The maximum atomic E-state index is 12.2. The van der Waals surface area contributed by atoms with E-state index in [1.54, 1.807) is 0 Å². The van der Waals surface area contributed by atoms with E-state index in [0.717, 1.165) is 16.0 Å². The molecule has 3 aromatic rings. The number of aryl methyl sites for hydroxylation is 2. The number of carbonyl (C=O) groups excluding carboxylic acids is 1. The SMILES string of the molecule is CCc1c(C)sc(NC(=O)CCc2nc3ccccc3o2)c1C(=O)O. The quantitative estimate of drug-likeness (QED) is 0.694. The summed E-state index contributed by atoms with van der Waals surface area (Å²) in [6, 6.07) is 7.41. The fourth-order valence-electron chi connectivity index (χ4n) is 2.76. The van der Waals surface area contributed by atoms with Crippen molar-refractivity contribution in [2.45, 2.75) is 33.1 Å². The van der Waals surface area contributed by atoms with Gasteiger partial charge in [-0.15, -0.1) is 11.3 Å². The Labute approximate surface area is 148 Å². The van der Waals surface area contributed by atoms with Crippen LogP contribution in [0.15, 0.2) is 28.7 Å². The molecule has 6 nitrogen and oxygen atoms in total. The van der Waals surface area contributed by atoms with E-state index in [1.165, 1.54) is 11.3 Å². The molecule has 7 heteroatoms. The molecule has 0 atom stereocenters. The number of thiophene rings is 1. The molecular weight excluding hydrogens is 340 g/mol. The second-order valence-corrected chi connectivity index (χ2v) is 6.85. The number of hydrogen-bond acceptors (Lipinski definition) is 5. The molecule has 1 aromatic carbocycles. The van der Waals surface area contributed by atoms with Gasteiger partial charge in [0.2, 0.25) is 5.91 Å². The Morgan fingerprint density at radius 3 is 2.76 bits per heavy atom. The third kappa shape index (κ3) is 3.56. The highest BCUT2D eigenvalue weighted by Gasteiger charge is 2.21. The summed E-state index contributed by atoms with van der Waals surface area (Å²) in [6.45, 7) is 3.77. The Kier molecular flexibility index (Phi) is 4.85. The number of rotatable bonds is 6. The molecule has 0 saturated heterocycles. The van der Waals surface area contributed by atoms with Gasteiger partial charge in [0, 0.05) is 17.7 Å². The number of nitrogens with one attached hydrogen (secondary N) is 1. The molecule has 0 saturated carbocycles. The first-order chi connectivity index (χ1) is 12.0. The van der Waals surface area contributed by atoms with Crippen LogP contribution in [0.1, 0.15) is 40.0 Å². The van der Waals surface area contributed by atoms with Gasteiger partial charge in [-0.05, 0) is 31.0 Å². The first kappa shape index (κ1) is 17.2. The van der Waals surface area contributed by atoms with Gasteiger partial charge in [0.25, 0.3) is 0 Å². The molecule has 0 aliphatic carbocycles. The number of anilines is 1. The third-order valence-corrected chi connectivity index (χ3v) is 5.00. The van der Waals surface area contributed by atoms with Crippen LogP contribution in [0, 0.1) is 6.92 Å². The van der Waals surface area contributed by atoms with Crippen molar-refractivity contribution in [1.29, 1.82) is 0 Å². The van der Waals surface area contributed by atoms with Gasteiger partial charge >= 0.3 is 5.97 Å². The maximum absolute atomic E-state index is 12.2. The molecule has 0 unspecified atom stereocenters. The molecule has 2 heterocycles. The number of carbonyl (C=O) groups is 2. The van der Waals surface area contributed by atoms with Crippen LogP contribution >= 0.6 is 11.3 Å². The number of carboxylic acid groups (broad SMARTS) is 1. The van der Waals surface area contributed by atoms with Gasteiger partial charge in [0.05, 0.1) is 5.56 Å². The maximum Gasteiger partial charge on any atom is 0.339 e. The van der Waals surface area contributed by atoms with Crippen LogP contribution in [0.25, 0.3) is 11.1 Å². The fourth-order valence-corrected chi connectivity index (χ4v) is 3.91. The molecule has 2 N–H and O–H groups in total. The standard InChI is InChI=1S/C18H18N2O4S/c1-3-11-10(2)25-17(16(11)18(22)23)20-14(21)8-9-15-19-12-6-4-5-7-13(12)24-15/h4-7H,3,8-9H2,1-2H3,(H,20,21)(H,22,23). The van der Waals surface area contributed by atoms with Crippen LogP contribution < -0.4 is 5.32 Å². The zero-order valence-corrected chi connectivity index (χ0v) is 14.8. The summed E-state index contributed by atoms with van der Waals surface area (Å²) in [5.41, 5.74) is 2.41. The topological polar surface area (TPSA) is 92.4 Å². The van der Waals surface area contributed by atoms with E-state index >= 15 is 0 Å². The number of hydrogen-bond donors (Lipinski definition) is 2. The summed E-state index contributed by atoms with van der Waals surface area (Å²) in [6.07, 6.45) is 1.14. The van der Waals surface area contributed by atoms with Gasteiger partial charge in [0.15, 0.2) is 11.5 Å². The van der Waals surface area contributed by atoms with E-state index in [-0.39, 0.29) is 17.9 Å². The van der Waals surface area contributed by atoms with Crippen molar-refractivity contribution in [1.82, 2.24) is 4.98 Å². The summed E-state index contributed by atoms with van der Waals surface area (Å²) >= 11 is 1.30. The van der Waals surface area contributed by atoms with Gasteiger partial charge < -0.3 is 14.8 Å². The van der Waals surface area contributed by atoms with Crippen molar-refractivity contribution < 1.29 is 19.1 Å². The van der Waals surface area contributed by atoms with E-state index in [0.29, 0.717) is 29.3 Å². The Hall–Kier alpha value is -2.67. The van der Waals surface area contributed by atoms with Gasteiger partial charge in [-0.25, -0.2) is 9.78 Å². The highest BCUT2D eigenvalue weighted by Crippen LogP contribution is 2.33. The van der Waals surface area contributed by atoms with Crippen LogP contribution in [-0.2, 0) is 17.6 Å². The Morgan fingerprint density at radius 1 is 1.32 bits per heavy atom. The summed E-state index contributed by atoms with van der Waals surface area (Å²) in [5, 5.41) is 12.5. The highest BCUT2D eigenvalue weighted by molar-refractivity contribution is 7.16. The largest absolute Gasteiger partial charge is 0.478 e. The lowest BCUT2D eigenvalue weighted by molar-refractivity contribution is -0.116. The summed E-state index contributed by atoms with van der Waals surface area (Å²) in [7, 11) is 0. The number of nitrogens with zero attached hydrogens (tertiary/aromatic N) is 1. The first-order valence-corrected chi connectivity index (χ1v) is 8.81. The minimum atomic E-state index is -1.02. The van der Waals surface area contributed by atoms with E-state index in [9.17, 15) is 14.7 Å². The molecule has 1 amide bonds. The van der Waals surface area contributed by atoms with Gasteiger partial charge in [-0.3, -0.25) is 4.79 Å². The normalized spacial score (nSPS) is 11.0. The smallest absolute Gasteiger partial charge is 0.339 e. The molecule has 0 spiro atoms. The van der Waals surface area contributed by atoms with Crippen LogP contribution in [0.5, 0.6) is 0 Å². The Balaban J connectivity index is 1.69. The zero-order chi connectivity index (χ0) is 18.0. The number of aromatic nitrogens is 1. The van der Waals surface area contributed by atoms with Crippen molar-refractivity contribution in [2.75, 3.05) is 5.32 Å². The van der Waals surface area contributed by atoms with Crippen molar-refractivity contribution in [3.63, 3.8) is 0 Å². The van der Waals surface area contributed by atoms with Gasteiger partial charge in [0.1, 0.15) is 10.5 Å². The predicted molar refractivity (Wildman–Crippen MR) is 96.4 cm³/mol. The second kappa shape index (κ2) is 7.06. The second-order valence-electron chi connectivity index (χ2n) is 5.62. The monoisotopic (exact) mass is 358 g/mol. The lowest BCUT2D eigenvalue weighted by atomic mass is 10.1. The van der Waals surface area contributed by atoms with Crippen molar-refractivity contribution in [2.24, 2.45) is 0 Å². The number of fused-ring (bicyclic) bond motifs is 1. The van der Waals surface area contributed by atoms with E-state index in [4.69, 9.17) is 4.42 Å². The number of amides is 1. The van der Waals surface area contributed by atoms with Crippen molar-refractivity contribution in [3.05, 3.63) is 46.2 Å². The zero-order valence-electron chi connectivity index (χ0n) is 14.0. The summed E-state index contributed by atoms with van der Waals surface area (Å²) in [4.78, 5) is 29.0. The molecule has 0 aliphatic heterocycles. The Bertz CT molecular complexity index is 909. The molecule has 0 radical (unpaired) electrons. The van der Waals surface area contributed by atoms with Crippen LogP contribution in [0.3, 0.4) is 0 Å². The van der Waals surface area contributed by atoms with Crippen LogP contribution in [-0.4, -0.2) is 22.0 Å². The lowest BCUT2D eigenvalue weighted by Gasteiger charge is -2.04. The fraction of sp³-hybridized carbons (Fsp3) is 0.278. The summed E-state index contributed by atoms with van der Waals surface area (Å²) < 4.78 is 5.59. The van der Waals surface area contributed by atoms with Crippen molar-refractivity contribution in [3.8, 4) is 0 Å². The lowest BCUT2D eigenvalue weighted by Crippen LogP contribution is -2.14. The summed E-state index contributed by atoms with van der Waals surface area (Å²) in [5.74, 6) is -0.782. The number of oxazole rings is 1. The number of aromatic carboxylic acids is 1. The van der Waals surface area contributed by atoms with Crippen LogP contribution in [0.2, 0.25) is 0 Å². The molecule has 130 valence electrons. The third-order valence-electron chi connectivity index (χ3n) is 3.93. The van der Waals surface area contributed by atoms with Gasteiger partial charge in [-0.2, -0.15) is 0 Å². The molecule has 2 aromatic heterocycles. The average molecular weight is 358 g/mol. The molecule has 0 fully saturated rings. The molecule has 0 bridgehead atoms. The minimum Gasteiger partial charge on any atom is -0.478 e. The number of benzene rings is 1. The minimum absolute atomic E-state index is 0.171. The Morgan fingerprint density at radius 2 is 2.08 bits per heavy atom. The van der Waals surface area contributed by atoms with Crippen LogP contribution in [0.4, 0.5) is 5.00 Å². The number of para-hydroxylation sites is 2. The molecule has 25 heavy (non-hydrogen) atoms. The molecular formula is C18H18N2O4S. The molecule has 0 aliphatic rings. The van der Waals surface area contributed by atoms with E-state index < -0.39 is 5.97 Å². The predicted octanol–water partition coefficient (Wildman–Crippen LogP) is 4.03. The average Bonchev–Trinajstić information content (AvgIpc) is 3.12. The van der Waals surface area contributed by atoms with Gasteiger partial charge in [-0.1, -0.05) is 19.1 Å². The highest BCUT2D eigenvalue weighted by atomic mass is 32.1. The van der Waals surface area contributed by atoms with E-state index in [2.05, 4.69) is 10.3 Å². The number of carboxylic acids is 1. The molecule has 3 rings (SSSR count). The van der Waals surface area contributed by atoms with Crippen molar-refractivity contribution >= 4 is 39.3 Å².